The van der Waals surface area contributed by atoms with Crippen LogP contribution in [0.25, 0.3) is 11.4 Å². The first kappa shape index (κ1) is 12.1. The second-order valence-corrected chi connectivity index (χ2v) is 2.95. The molecule has 1 N–H and O–H groups in total. The fourth-order valence-corrected chi connectivity index (χ4v) is 1.21. The summed E-state index contributed by atoms with van der Waals surface area (Å²) in [5, 5.41) is 8.72. The number of aromatic carboxylic acids is 1. The highest BCUT2D eigenvalue weighted by atomic mass is 35.5. The number of benzene rings is 1. The monoisotopic (exact) mass is 236 g/mol. The summed E-state index contributed by atoms with van der Waals surface area (Å²) in [5.41, 5.74) is 1.07. The minimum absolute atomic E-state index is 0. The van der Waals surface area contributed by atoms with Gasteiger partial charge < -0.3 is 5.11 Å². The fourth-order valence-electron chi connectivity index (χ4n) is 1.21. The highest BCUT2D eigenvalue weighted by Crippen LogP contribution is 2.14. The first-order valence-electron chi connectivity index (χ1n) is 4.38. The zero-order chi connectivity index (χ0) is 10.7. The van der Waals surface area contributed by atoms with Gasteiger partial charge in [0, 0.05) is 18.0 Å². The van der Waals surface area contributed by atoms with Gasteiger partial charge in [0.1, 0.15) is 0 Å². The molecule has 0 unspecified atom stereocenters. The van der Waals surface area contributed by atoms with Crippen LogP contribution < -0.4 is 0 Å². The second-order valence-electron chi connectivity index (χ2n) is 2.95. The lowest BCUT2D eigenvalue weighted by Crippen LogP contribution is -1.95. The van der Waals surface area contributed by atoms with E-state index in [4.69, 9.17) is 5.11 Å². The van der Waals surface area contributed by atoms with Gasteiger partial charge in [0.15, 0.2) is 5.82 Å². The molecule has 4 nitrogen and oxygen atoms in total. The largest absolute Gasteiger partial charge is 0.478 e. The molecule has 0 fully saturated rings. The molecule has 0 aliphatic carbocycles. The van der Waals surface area contributed by atoms with Crippen molar-refractivity contribution in [3.63, 3.8) is 0 Å². The van der Waals surface area contributed by atoms with E-state index < -0.39 is 5.97 Å². The summed E-state index contributed by atoms with van der Waals surface area (Å²) >= 11 is 0. The molecule has 0 aliphatic heterocycles. The fraction of sp³-hybridized carbons (Fsp3) is 0. The number of carboxylic acid groups (broad SMARTS) is 1. The number of nitrogens with zero attached hydrogens (tertiary/aromatic N) is 2. The normalized spacial score (nSPS) is 9.25. The number of rotatable bonds is 2. The summed E-state index contributed by atoms with van der Waals surface area (Å²) in [6, 6.07) is 8.19. The van der Waals surface area contributed by atoms with Gasteiger partial charge in [0.05, 0.1) is 5.56 Å². The van der Waals surface area contributed by atoms with Crippen molar-refractivity contribution in [3.8, 4) is 11.4 Å². The Morgan fingerprint density at radius 2 is 1.62 bits per heavy atom. The molecular weight excluding hydrogens is 228 g/mol. The minimum Gasteiger partial charge on any atom is -0.478 e. The lowest BCUT2D eigenvalue weighted by atomic mass is 10.1. The Hall–Kier alpha value is -1.94. The Kier molecular flexibility index (Phi) is 3.96. The molecule has 0 radical (unpaired) electrons. The van der Waals surface area contributed by atoms with Crippen LogP contribution in [-0.2, 0) is 0 Å². The van der Waals surface area contributed by atoms with E-state index in [1.807, 2.05) is 0 Å². The number of carbonyl (C=O) groups is 1. The van der Waals surface area contributed by atoms with Crippen molar-refractivity contribution in [1.82, 2.24) is 9.97 Å². The molecule has 0 atom stereocenters. The first-order chi connectivity index (χ1) is 7.27. The first-order valence-corrected chi connectivity index (χ1v) is 4.38. The summed E-state index contributed by atoms with van der Waals surface area (Å²) in [7, 11) is 0. The third-order valence-electron chi connectivity index (χ3n) is 1.96. The molecule has 1 aromatic heterocycles. The van der Waals surface area contributed by atoms with Gasteiger partial charge in [-0.05, 0) is 18.2 Å². The van der Waals surface area contributed by atoms with Crippen LogP contribution in [0.1, 0.15) is 10.4 Å². The number of aromatic nitrogens is 2. The molecule has 1 heterocycles. The predicted molar refractivity (Wildman–Crippen MR) is 61.7 cm³/mol. The van der Waals surface area contributed by atoms with Crippen LogP contribution in [0, 0.1) is 0 Å². The molecule has 82 valence electrons. The lowest BCUT2D eigenvalue weighted by molar-refractivity contribution is 0.0697. The van der Waals surface area contributed by atoms with E-state index in [2.05, 4.69) is 9.97 Å². The van der Waals surface area contributed by atoms with E-state index in [9.17, 15) is 4.79 Å². The van der Waals surface area contributed by atoms with Crippen molar-refractivity contribution < 1.29 is 9.90 Å². The molecule has 0 bridgehead atoms. The average Bonchev–Trinajstić information content (AvgIpc) is 2.30. The molecule has 0 aliphatic rings. The third-order valence-corrected chi connectivity index (χ3v) is 1.96. The molecular formula is C11H9ClN2O2. The molecule has 16 heavy (non-hydrogen) atoms. The summed E-state index contributed by atoms with van der Waals surface area (Å²) in [4.78, 5) is 18.7. The van der Waals surface area contributed by atoms with Gasteiger partial charge in [-0.1, -0.05) is 12.1 Å². The summed E-state index contributed by atoms with van der Waals surface area (Å²) in [6.45, 7) is 0. The van der Waals surface area contributed by atoms with Crippen LogP contribution in [0.15, 0.2) is 42.7 Å². The molecule has 2 aromatic rings. The van der Waals surface area contributed by atoms with Crippen LogP contribution in [0.2, 0.25) is 0 Å². The quantitative estimate of drug-likeness (QED) is 0.869. The molecule has 2 rings (SSSR count). The summed E-state index contributed by atoms with van der Waals surface area (Å²) in [5.74, 6) is -0.343. The SMILES string of the molecule is Cl.O=C(O)c1ccc(-c2ncccn2)cc1. The molecule has 0 spiro atoms. The maximum atomic E-state index is 10.6. The maximum absolute atomic E-state index is 10.6. The third kappa shape index (κ3) is 2.55. The van der Waals surface area contributed by atoms with Crippen molar-refractivity contribution in [2.75, 3.05) is 0 Å². The van der Waals surface area contributed by atoms with Crippen LogP contribution in [0.5, 0.6) is 0 Å². The van der Waals surface area contributed by atoms with Gasteiger partial charge in [-0.3, -0.25) is 0 Å². The van der Waals surface area contributed by atoms with E-state index in [1.165, 1.54) is 12.1 Å². The summed E-state index contributed by atoms with van der Waals surface area (Å²) in [6.07, 6.45) is 3.29. The van der Waals surface area contributed by atoms with Gasteiger partial charge in [-0.2, -0.15) is 0 Å². The van der Waals surface area contributed by atoms with E-state index in [1.54, 1.807) is 30.6 Å². The predicted octanol–water partition coefficient (Wildman–Crippen LogP) is 2.26. The Labute approximate surface area is 98.4 Å². The zero-order valence-electron chi connectivity index (χ0n) is 8.20. The Morgan fingerprint density at radius 1 is 1.06 bits per heavy atom. The molecule has 1 aromatic carbocycles. The van der Waals surface area contributed by atoms with E-state index >= 15 is 0 Å². The smallest absolute Gasteiger partial charge is 0.335 e. The van der Waals surface area contributed by atoms with Crippen LogP contribution in [-0.4, -0.2) is 21.0 Å². The van der Waals surface area contributed by atoms with Crippen LogP contribution in [0.4, 0.5) is 0 Å². The summed E-state index contributed by atoms with van der Waals surface area (Å²) < 4.78 is 0. The molecule has 0 saturated carbocycles. The molecule has 0 saturated heterocycles. The Bertz CT molecular complexity index is 471. The topological polar surface area (TPSA) is 63.1 Å². The Balaban J connectivity index is 0.00000128. The van der Waals surface area contributed by atoms with E-state index in [0.29, 0.717) is 5.82 Å². The van der Waals surface area contributed by atoms with Crippen molar-refractivity contribution in [2.24, 2.45) is 0 Å². The maximum Gasteiger partial charge on any atom is 0.335 e. The Morgan fingerprint density at radius 3 is 2.12 bits per heavy atom. The van der Waals surface area contributed by atoms with E-state index in [-0.39, 0.29) is 18.0 Å². The number of hydrogen-bond donors (Lipinski definition) is 1. The van der Waals surface area contributed by atoms with Crippen LogP contribution in [0.3, 0.4) is 0 Å². The lowest BCUT2D eigenvalue weighted by Gasteiger charge is -1.99. The van der Waals surface area contributed by atoms with Crippen LogP contribution >= 0.6 is 12.4 Å². The van der Waals surface area contributed by atoms with Gasteiger partial charge in [0.2, 0.25) is 0 Å². The number of hydrogen-bond acceptors (Lipinski definition) is 3. The standard InChI is InChI=1S/C11H8N2O2.ClH/c14-11(15)9-4-2-8(3-5-9)10-12-6-1-7-13-10;/h1-7H,(H,14,15);1H. The zero-order valence-corrected chi connectivity index (χ0v) is 9.02. The number of halogens is 1. The molecule has 0 amide bonds. The van der Waals surface area contributed by atoms with Crippen molar-refractivity contribution in [2.45, 2.75) is 0 Å². The van der Waals surface area contributed by atoms with Gasteiger partial charge in [0.25, 0.3) is 0 Å². The van der Waals surface area contributed by atoms with Gasteiger partial charge in [-0.15, -0.1) is 12.4 Å². The van der Waals surface area contributed by atoms with Crippen molar-refractivity contribution in [3.05, 3.63) is 48.3 Å². The highest BCUT2D eigenvalue weighted by Gasteiger charge is 2.03. The minimum atomic E-state index is -0.935. The van der Waals surface area contributed by atoms with E-state index in [0.717, 1.165) is 5.56 Å². The highest BCUT2D eigenvalue weighted by molar-refractivity contribution is 5.88. The number of carboxylic acids is 1. The van der Waals surface area contributed by atoms with Crippen molar-refractivity contribution in [1.29, 1.82) is 0 Å². The second kappa shape index (κ2) is 5.23. The van der Waals surface area contributed by atoms with Gasteiger partial charge in [-0.25, -0.2) is 14.8 Å². The van der Waals surface area contributed by atoms with Crippen molar-refractivity contribution >= 4 is 18.4 Å². The van der Waals surface area contributed by atoms with Gasteiger partial charge >= 0.3 is 5.97 Å². The molecule has 5 heteroatoms. The average molecular weight is 237 g/mol.